The van der Waals surface area contributed by atoms with Crippen LogP contribution in [0.2, 0.25) is 0 Å². The molecule has 0 atom stereocenters. The lowest BCUT2D eigenvalue weighted by Crippen LogP contribution is -2.46. The average Bonchev–Trinajstić information content (AvgIpc) is 3.13. The molecule has 0 saturated heterocycles. The summed E-state index contributed by atoms with van der Waals surface area (Å²) in [4.78, 5) is 12.9. The first kappa shape index (κ1) is 19.9. The van der Waals surface area contributed by atoms with Gasteiger partial charge in [-0.2, -0.15) is 5.17 Å². The van der Waals surface area contributed by atoms with Crippen LogP contribution in [0.3, 0.4) is 0 Å². The molecule has 0 aromatic heterocycles. The number of fused-ring (bicyclic) bond motifs is 1. The van der Waals surface area contributed by atoms with E-state index in [4.69, 9.17) is 4.74 Å². The summed E-state index contributed by atoms with van der Waals surface area (Å²) in [5.74, 6) is 0.621. The molecular formula is C24H25N3O3. The van der Waals surface area contributed by atoms with Crippen LogP contribution in [0.15, 0.2) is 72.8 Å². The number of amides is 1. The zero-order chi connectivity index (χ0) is 20.9. The van der Waals surface area contributed by atoms with Gasteiger partial charge in [0.2, 0.25) is 0 Å². The van der Waals surface area contributed by atoms with E-state index in [0.717, 1.165) is 35.1 Å². The first-order valence-corrected chi connectivity index (χ1v) is 10.2. The van der Waals surface area contributed by atoms with E-state index in [-0.39, 0.29) is 5.91 Å². The standard InChI is InChI=1S/C24H25N3O3/c1-2-3-6-17-30-21-15-13-19(14-16-21)18-9-11-20(12-10-18)24(28)26-22-7-4-5-8-23(22)27(29)25-26/h4-5,7-16,25,29H,2-3,6,17H2,1H3. The van der Waals surface area contributed by atoms with Crippen molar-refractivity contribution in [3.05, 3.63) is 78.4 Å². The molecule has 0 bridgehead atoms. The fourth-order valence-electron chi connectivity index (χ4n) is 3.41. The molecule has 1 aliphatic heterocycles. The van der Waals surface area contributed by atoms with Crippen LogP contribution in [0.1, 0.15) is 36.5 Å². The lowest BCUT2D eigenvalue weighted by Gasteiger charge is -2.17. The number of nitrogens with zero attached hydrogens (tertiary/aromatic N) is 2. The Kier molecular flexibility index (Phi) is 5.97. The molecule has 3 aromatic rings. The number of anilines is 2. The van der Waals surface area contributed by atoms with Gasteiger partial charge in [-0.15, -0.1) is 5.53 Å². The number of ether oxygens (including phenoxy) is 1. The minimum absolute atomic E-state index is 0.249. The summed E-state index contributed by atoms with van der Waals surface area (Å²) in [6, 6.07) is 22.5. The topological polar surface area (TPSA) is 65.0 Å². The SMILES string of the molecule is CCCCCOc1ccc(-c2ccc(C(=O)N3NN(O)c4ccccc43)cc2)cc1. The molecule has 0 spiro atoms. The van der Waals surface area contributed by atoms with Gasteiger partial charge >= 0.3 is 0 Å². The maximum absolute atomic E-state index is 12.9. The normalized spacial score (nSPS) is 12.7. The highest BCUT2D eigenvalue weighted by Gasteiger charge is 2.29. The van der Waals surface area contributed by atoms with Crippen LogP contribution in [-0.4, -0.2) is 17.7 Å². The average molecular weight is 403 g/mol. The molecule has 0 radical (unpaired) electrons. The van der Waals surface area contributed by atoms with E-state index in [9.17, 15) is 10.0 Å². The molecule has 154 valence electrons. The van der Waals surface area contributed by atoms with Crippen molar-refractivity contribution < 1.29 is 14.7 Å². The summed E-state index contributed by atoms with van der Waals surface area (Å²) in [7, 11) is 0. The summed E-state index contributed by atoms with van der Waals surface area (Å²) in [6.45, 7) is 2.92. The highest BCUT2D eigenvalue weighted by atomic mass is 16.6. The van der Waals surface area contributed by atoms with E-state index in [1.165, 1.54) is 17.9 Å². The van der Waals surface area contributed by atoms with Crippen LogP contribution in [0.25, 0.3) is 11.1 Å². The predicted molar refractivity (Wildman–Crippen MR) is 118 cm³/mol. The zero-order valence-corrected chi connectivity index (χ0v) is 16.9. The third-order valence-corrected chi connectivity index (χ3v) is 5.08. The van der Waals surface area contributed by atoms with E-state index in [1.54, 1.807) is 30.3 Å². The number of rotatable bonds is 7. The predicted octanol–water partition coefficient (Wildman–Crippen LogP) is 5.20. The lowest BCUT2D eigenvalue weighted by molar-refractivity contribution is 0.0957. The molecule has 2 N–H and O–H groups in total. The number of hydrogen-bond donors (Lipinski definition) is 2. The van der Waals surface area contributed by atoms with E-state index >= 15 is 0 Å². The lowest BCUT2D eigenvalue weighted by atomic mass is 10.0. The van der Waals surface area contributed by atoms with Gasteiger partial charge in [-0.1, -0.05) is 56.2 Å². The summed E-state index contributed by atoms with van der Waals surface area (Å²) in [5.41, 5.74) is 6.37. The van der Waals surface area contributed by atoms with E-state index in [0.29, 0.717) is 16.9 Å². The van der Waals surface area contributed by atoms with Gasteiger partial charge in [0.05, 0.1) is 12.3 Å². The second kappa shape index (κ2) is 8.98. The number of benzene rings is 3. The smallest absolute Gasteiger partial charge is 0.274 e. The molecule has 1 aliphatic rings. The molecule has 0 aliphatic carbocycles. The quantitative estimate of drug-likeness (QED) is 0.531. The van der Waals surface area contributed by atoms with Crippen LogP contribution in [-0.2, 0) is 0 Å². The fraction of sp³-hybridized carbons (Fsp3) is 0.208. The van der Waals surface area contributed by atoms with Gasteiger partial charge < -0.3 is 4.74 Å². The molecule has 6 nitrogen and oxygen atoms in total. The Morgan fingerprint density at radius 3 is 2.20 bits per heavy atom. The first-order valence-electron chi connectivity index (χ1n) is 10.2. The molecule has 0 saturated carbocycles. The van der Waals surface area contributed by atoms with Crippen molar-refractivity contribution in [1.29, 1.82) is 0 Å². The van der Waals surface area contributed by atoms with Crippen molar-refractivity contribution in [2.45, 2.75) is 26.2 Å². The van der Waals surface area contributed by atoms with Crippen LogP contribution in [0.4, 0.5) is 11.4 Å². The monoisotopic (exact) mass is 403 g/mol. The Morgan fingerprint density at radius 2 is 1.53 bits per heavy atom. The maximum Gasteiger partial charge on any atom is 0.274 e. The molecule has 0 fully saturated rings. The van der Waals surface area contributed by atoms with Crippen molar-refractivity contribution in [3.63, 3.8) is 0 Å². The molecular weight excluding hydrogens is 378 g/mol. The summed E-state index contributed by atoms with van der Waals surface area (Å²) in [6.07, 6.45) is 3.43. The third kappa shape index (κ3) is 4.15. The van der Waals surface area contributed by atoms with E-state index < -0.39 is 0 Å². The Labute approximate surface area is 176 Å². The third-order valence-electron chi connectivity index (χ3n) is 5.08. The molecule has 1 heterocycles. The second-order valence-electron chi connectivity index (χ2n) is 7.20. The van der Waals surface area contributed by atoms with Crippen LogP contribution >= 0.6 is 0 Å². The molecule has 6 heteroatoms. The van der Waals surface area contributed by atoms with Gasteiger partial charge in [-0.25, -0.2) is 5.01 Å². The Balaban J connectivity index is 1.44. The van der Waals surface area contributed by atoms with Gasteiger partial charge in [-0.3, -0.25) is 10.0 Å². The van der Waals surface area contributed by atoms with Crippen LogP contribution in [0, 0.1) is 0 Å². The Hall–Kier alpha value is -3.35. The number of hydrazine groups is 2. The van der Waals surface area contributed by atoms with Gasteiger partial charge in [0, 0.05) is 5.56 Å². The van der Waals surface area contributed by atoms with Gasteiger partial charge in [0.15, 0.2) is 0 Å². The highest BCUT2D eigenvalue weighted by Crippen LogP contribution is 2.33. The van der Waals surface area contributed by atoms with Crippen molar-refractivity contribution in [3.8, 4) is 16.9 Å². The Bertz CT molecular complexity index is 1000. The summed E-state index contributed by atoms with van der Waals surface area (Å²) >= 11 is 0. The Morgan fingerprint density at radius 1 is 0.900 bits per heavy atom. The highest BCUT2D eigenvalue weighted by molar-refractivity contribution is 6.08. The molecule has 3 aromatic carbocycles. The number of nitrogens with one attached hydrogen (secondary N) is 1. The number of para-hydroxylation sites is 2. The van der Waals surface area contributed by atoms with Crippen molar-refractivity contribution >= 4 is 17.3 Å². The van der Waals surface area contributed by atoms with Crippen molar-refractivity contribution in [2.24, 2.45) is 0 Å². The van der Waals surface area contributed by atoms with Crippen LogP contribution < -0.4 is 20.5 Å². The van der Waals surface area contributed by atoms with Crippen molar-refractivity contribution in [2.75, 3.05) is 16.8 Å². The molecule has 30 heavy (non-hydrogen) atoms. The first-order chi connectivity index (χ1) is 14.7. The molecule has 1 amide bonds. The minimum Gasteiger partial charge on any atom is -0.494 e. The molecule has 4 rings (SSSR count). The maximum atomic E-state index is 12.9. The van der Waals surface area contributed by atoms with E-state index in [2.05, 4.69) is 12.5 Å². The van der Waals surface area contributed by atoms with Gasteiger partial charge in [0.25, 0.3) is 5.91 Å². The number of unbranched alkanes of at least 4 members (excludes halogenated alkanes) is 2. The largest absolute Gasteiger partial charge is 0.494 e. The number of carbonyl (C=O) groups is 1. The van der Waals surface area contributed by atoms with Crippen LogP contribution in [0.5, 0.6) is 5.75 Å². The van der Waals surface area contributed by atoms with Crippen molar-refractivity contribution in [1.82, 2.24) is 5.53 Å². The summed E-state index contributed by atoms with van der Waals surface area (Å²) < 4.78 is 5.76. The zero-order valence-electron chi connectivity index (χ0n) is 16.9. The number of hydrogen-bond acceptors (Lipinski definition) is 5. The fourth-order valence-corrected chi connectivity index (χ4v) is 3.41. The minimum atomic E-state index is -0.249. The van der Waals surface area contributed by atoms with Gasteiger partial charge in [-0.05, 0) is 53.9 Å². The second-order valence-corrected chi connectivity index (χ2v) is 7.20. The van der Waals surface area contributed by atoms with E-state index in [1.807, 2.05) is 42.5 Å². The summed E-state index contributed by atoms with van der Waals surface area (Å²) in [5, 5.41) is 12.1. The van der Waals surface area contributed by atoms with Gasteiger partial charge in [0.1, 0.15) is 11.4 Å². The molecule has 0 unspecified atom stereocenters. The number of carbonyl (C=O) groups excluding carboxylic acids is 1.